The first-order valence-corrected chi connectivity index (χ1v) is 3.97. The molecule has 12 heavy (non-hydrogen) atoms. The second kappa shape index (κ2) is 13.4. The zero-order valence-electron chi connectivity index (χ0n) is 7.97. The second-order valence-electron chi connectivity index (χ2n) is 2.31. The molecule has 0 spiro atoms. The standard InChI is InChI=1S/C4H10O2.C4H8O.H2O/c1-5-3-4-6-2;1-2-4-5-3-1;/h3-4H2,1-2H3;1-4H2;1H2. The molecule has 0 radical (unpaired) electrons. The Bertz CT molecular complexity index is 52.5. The minimum Gasteiger partial charge on any atom is -0.412 e. The van der Waals surface area contributed by atoms with Crippen molar-refractivity contribution in [2.45, 2.75) is 12.8 Å². The fourth-order valence-corrected chi connectivity index (χ4v) is 0.677. The quantitative estimate of drug-likeness (QED) is 0.585. The Morgan fingerprint density at radius 2 is 1.42 bits per heavy atom. The Labute approximate surface area is 74.1 Å². The fourth-order valence-electron chi connectivity index (χ4n) is 0.677. The lowest BCUT2D eigenvalue weighted by molar-refractivity contribution is 0.103. The molecule has 0 amide bonds. The summed E-state index contributed by atoms with van der Waals surface area (Å²) in [6, 6.07) is 0. The Hall–Kier alpha value is -0.160. The minimum atomic E-state index is 0. The molecular formula is C8H20O4. The lowest BCUT2D eigenvalue weighted by Gasteiger charge is -1.91. The van der Waals surface area contributed by atoms with Crippen molar-refractivity contribution in [1.29, 1.82) is 0 Å². The zero-order valence-corrected chi connectivity index (χ0v) is 7.97. The molecule has 0 aliphatic carbocycles. The van der Waals surface area contributed by atoms with Gasteiger partial charge in [0.25, 0.3) is 0 Å². The highest BCUT2D eigenvalue weighted by Gasteiger charge is 1.94. The summed E-state index contributed by atoms with van der Waals surface area (Å²) >= 11 is 0. The van der Waals surface area contributed by atoms with E-state index in [0.29, 0.717) is 13.2 Å². The van der Waals surface area contributed by atoms with Gasteiger partial charge in [0.15, 0.2) is 0 Å². The van der Waals surface area contributed by atoms with Gasteiger partial charge < -0.3 is 19.7 Å². The first-order valence-electron chi connectivity index (χ1n) is 3.97. The van der Waals surface area contributed by atoms with Crippen molar-refractivity contribution in [3.05, 3.63) is 0 Å². The van der Waals surface area contributed by atoms with Crippen LogP contribution in [-0.2, 0) is 14.2 Å². The van der Waals surface area contributed by atoms with Gasteiger partial charge >= 0.3 is 0 Å². The summed E-state index contributed by atoms with van der Waals surface area (Å²) in [5.74, 6) is 0. The van der Waals surface area contributed by atoms with E-state index in [4.69, 9.17) is 4.74 Å². The predicted molar refractivity (Wildman–Crippen MR) is 47.4 cm³/mol. The Balaban J connectivity index is 0. The van der Waals surface area contributed by atoms with E-state index < -0.39 is 0 Å². The molecule has 1 rings (SSSR count). The molecule has 4 heteroatoms. The van der Waals surface area contributed by atoms with Crippen LogP contribution in [0.4, 0.5) is 0 Å². The third-order valence-corrected chi connectivity index (χ3v) is 1.32. The van der Waals surface area contributed by atoms with E-state index in [2.05, 4.69) is 9.47 Å². The van der Waals surface area contributed by atoms with Crippen molar-refractivity contribution in [2.75, 3.05) is 40.6 Å². The van der Waals surface area contributed by atoms with Gasteiger partial charge in [0, 0.05) is 27.4 Å². The molecular weight excluding hydrogens is 160 g/mol. The van der Waals surface area contributed by atoms with Gasteiger partial charge in [-0.2, -0.15) is 0 Å². The van der Waals surface area contributed by atoms with Crippen LogP contribution >= 0.6 is 0 Å². The van der Waals surface area contributed by atoms with Crippen LogP contribution in [0.1, 0.15) is 12.8 Å². The SMILES string of the molecule is C1CCOC1.COCCOC.O. The van der Waals surface area contributed by atoms with Crippen molar-refractivity contribution in [2.24, 2.45) is 0 Å². The zero-order chi connectivity index (χ0) is 8.36. The number of hydrogen-bond acceptors (Lipinski definition) is 3. The number of ether oxygens (including phenoxy) is 3. The molecule has 0 unspecified atom stereocenters. The predicted octanol–water partition coefficient (Wildman–Crippen LogP) is 0.251. The maximum Gasteiger partial charge on any atom is 0.0696 e. The average Bonchev–Trinajstić information content (AvgIpc) is 2.57. The summed E-state index contributed by atoms with van der Waals surface area (Å²) < 4.78 is 14.3. The molecule has 0 aromatic heterocycles. The summed E-state index contributed by atoms with van der Waals surface area (Å²) in [7, 11) is 3.30. The number of methoxy groups -OCH3 is 2. The van der Waals surface area contributed by atoms with Crippen LogP contribution in [0, 0.1) is 0 Å². The largest absolute Gasteiger partial charge is 0.412 e. The van der Waals surface area contributed by atoms with Gasteiger partial charge in [-0.25, -0.2) is 0 Å². The molecule has 76 valence electrons. The van der Waals surface area contributed by atoms with E-state index in [1.807, 2.05) is 0 Å². The van der Waals surface area contributed by atoms with E-state index in [1.165, 1.54) is 12.8 Å². The van der Waals surface area contributed by atoms with Crippen LogP contribution < -0.4 is 0 Å². The lowest BCUT2D eigenvalue weighted by Crippen LogP contribution is -1.96. The first-order chi connectivity index (χ1) is 5.41. The normalized spacial score (nSPS) is 14.5. The summed E-state index contributed by atoms with van der Waals surface area (Å²) in [5, 5.41) is 0. The Morgan fingerprint density at radius 1 is 1.00 bits per heavy atom. The molecule has 1 saturated heterocycles. The van der Waals surface area contributed by atoms with Crippen molar-refractivity contribution in [3.8, 4) is 0 Å². The molecule has 1 aliphatic heterocycles. The highest BCUT2D eigenvalue weighted by atomic mass is 16.5. The van der Waals surface area contributed by atoms with Gasteiger partial charge in [0.05, 0.1) is 13.2 Å². The topological polar surface area (TPSA) is 59.2 Å². The second-order valence-corrected chi connectivity index (χ2v) is 2.31. The van der Waals surface area contributed by atoms with Crippen LogP contribution in [0.5, 0.6) is 0 Å². The van der Waals surface area contributed by atoms with Crippen LogP contribution in [0.2, 0.25) is 0 Å². The third kappa shape index (κ3) is 12.5. The van der Waals surface area contributed by atoms with E-state index in [1.54, 1.807) is 14.2 Å². The maximum absolute atomic E-state index is 4.94. The van der Waals surface area contributed by atoms with Gasteiger partial charge in [-0.05, 0) is 12.8 Å². The summed E-state index contributed by atoms with van der Waals surface area (Å²) in [6.45, 7) is 3.38. The van der Waals surface area contributed by atoms with Crippen molar-refractivity contribution in [3.63, 3.8) is 0 Å². The van der Waals surface area contributed by atoms with Gasteiger partial charge in [-0.1, -0.05) is 0 Å². The molecule has 0 aromatic carbocycles. The molecule has 0 aromatic rings. The minimum absolute atomic E-state index is 0. The molecule has 0 saturated carbocycles. The first kappa shape index (κ1) is 14.4. The molecule has 0 atom stereocenters. The maximum atomic E-state index is 4.94. The number of hydrogen-bond donors (Lipinski definition) is 0. The molecule has 4 nitrogen and oxygen atoms in total. The van der Waals surface area contributed by atoms with Gasteiger partial charge in [0.1, 0.15) is 0 Å². The highest BCUT2D eigenvalue weighted by molar-refractivity contribution is 4.43. The summed E-state index contributed by atoms with van der Waals surface area (Å²) in [5.41, 5.74) is 0. The van der Waals surface area contributed by atoms with Crippen molar-refractivity contribution >= 4 is 0 Å². The van der Waals surface area contributed by atoms with E-state index in [-0.39, 0.29) is 5.48 Å². The monoisotopic (exact) mass is 180 g/mol. The van der Waals surface area contributed by atoms with Crippen LogP contribution in [0.15, 0.2) is 0 Å². The van der Waals surface area contributed by atoms with Gasteiger partial charge in [0.2, 0.25) is 0 Å². The lowest BCUT2D eigenvalue weighted by atomic mass is 10.4. The molecule has 2 N–H and O–H groups in total. The van der Waals surface area contributed by atoms with Gasteiger partial charge in [-0.3, -0.25) is 0 Å². The molecule has 1 aliphatic rings. The fraction of sp³-hybridized carbons (Fsp3) is 1.00. The molecule has 1 heterocycles. The van der Waals surface area contributed by atoms with Crippen molar-refractivity contribution < 1.29 is 19.7 Å². The smallest absolute Gasteiger partial charge is 0.0696 e. The van der Waals surface area contributed by atoms with Crippen LogP contribution in [0.3, 0.4) is 0 Å². The van der Waals surface area contributed by atoms with Gasteiger partial charge in [-0.15, -0.1) is 0 Å². The van der Waals surface area contributed by atoms with E-state index in [0.717, 1.165) is 13.2 Å². The summed E-state index contributed by atoms with van der Waals surface area (Å²) in [6.07, 6.45) is 2.56. The van der Waals surface area contributed by atoms with E-state index in [9.17, 15) is 0 Å². The van der Waals surface area contributed by atoms with E-state index >= 15 is 0 Å². The Kier molecular flexibility index (Phi) is 16.1. The molecule has 1 fully saturated rings. The van der Waals surface area contributed by atoms with Crippen molar-refractivity contribution in [1.82, 2.24) is 0 Å². The highest BCUT2D eigenvalue weighted by Crippen LogP contribution is 1.98. The van der Waals surface area contributed by atoms with Crippen LogP contribution in [-0.4, -0.2) is 46.1 Å². The third-order valence-electron chi connectivity index (χ3n) is 1.32. The Morgan fingerprint density at radius 3 is 1.58 bits per heavy atom. The van der Waals surface area contributed by atoms with Crippen LogP contribution in [0.25, 0.3) is 0 Å². The molecule has 0 bridgehead atoms. The number of rotatable bonds is 3. The summed E-state index contributed by atoms with van der Waals surface area (Å²) in [4.78, 5) is 0. The average molecular weight is 180 g/mol.